The van der Waals surface area contributed by atoms with Crippen molar-refractivity contribution >= 4 is 28.7 Å². The van der Waals surface area contributed by atoms with Gasteiger partial charge < -0.3 is 19.6 Å². The fourth-order valence-corrected chi connectivity index (χ4v) is 2.77. The minimum absolute atomic E-state index is 0.0350. The number of amides is 1. The zero-order valence-electron chi connectivity index (χ0n) is 14.1. The topological polar surface area (TPSA) is 115 Å². The van der Waals surface area contributed by atoms with E-state index in [0.717, 1.165) is 0 Å². The third-order valence-electron chi connectivity index (χ3n) is 4.25. The van der Waals surface area contributed by atoms with Crippen LogP contribution in [-0.4, -0.2) is 40.2 Å². The number of carboxylic acids is 1. The molecule has 27 heavy (non-hydrogen) atoms. The molecule has 0 radical (unpaired) electrons. The third-order valence-corrected chi connectivity index (χ3v) is 4.25. The number of hydrogen-bond donors (Lipinski definition) is 2. The van der Waals surface area contributed by atoms with Crippen LogP contribution in [0.3, 0.4) is 0 Å². The number of fused-ring (bicyclic) bond motifs is 1. The van der Waals surface area contributed by atoms with Crippen molar-refractivity contribution < 1.29 is 28.2 Å². The lowest BCUT2D eigenvalue weighted by Crippen LogP contribution is -2.14. The Hall–Kier alpha value is -3.49. The number of methoxy groups -OCH3 is 1. The molecule has 2 aromatic heterocycles. The monoisotopic (exact) mass is 371 g/mol. The second-order valence-corrected chi connectivity index (χ2v) is 6.09. The van der Waals surface area contributed by atoms with E-state index in [1.54, 1.807) is 18.2 Å². The molecule has 2 N–H and O–H groups in total. The van der Waals surface area contributed by atoms with Crippen molar-refractivity contribution in [2.45, 2.75) is 12.6 Å². The van der Waals surface area contributed by atoms with Crippen molar-refractivity contribution in [1.82, 2.24) is 9.97 Å². The Morgan fingerprint density at radius 2 is 2.15 bits per heavy atom. The average molecular weight is 371 g/mol. The third kappa shape index (κ3) is 3.07. The summed E-state index contributed by atoms with van der Waals surface area (Å²) in [6, 6.07) is 6.37. The standard InChI is InChI=1S/C18H14FN3O5/c1-26-15-9(4-5-20-14(15)18(24)25)17-22-12-6-8(2-3-13(12)27-17)21-16(23)10-7-11(10)19/h2-6,10-11H,7H2,1H3,(H,21,23)(H,24,25)/t10-,11+/m1/s1. The van der Waals surface area contributed by atoms with E-state index in [1.807, 2.05) is 0 Å². The Kier molecular flexibility index (Phi) is 3.98. The number of nitrogens with zero attached hydrogens (tertiary/aromatic N) is 2. The number of carbonyl (C=O) groups excluding carboxylic acids is 1. The number of pyridine rings is 1. The van der Waals surface area contributed by atoms with Gasteiger partial charge in [-0.3, -0.25) is 4.79 Å². The van der Waals surface area contributed by atoms with Crippen LogP contribution in [0, 0.1) is 5.92 Å². The average Bonchev–Trinajstić information content (AvgIpc) is 3.24. The molecule has 8 nitrogen and oxygen atoms in total. The van der Waals surface area contributed by atoms with E-state index in [2.05, 4.69) is 15.3 Å². The molecule has 1 saturated carbocycles. The van der Waals surface area contributed by atoms with Crippen LogP contribution in [0.25, 0.3) is 22.6 Å². The van der Waals surface area contributed by atoms with E-state index in [1.165, 1.54) is 19.4 Å². The molecular weight excluding hydrogens is 357 g/mol. The fraction of sp³-hybridized carbons (Fsp3) is 0.222. The second kappa shape index (κ2) is 6.35. The summed E-state index contributed by atoms with van der Waals surface area (Å²) in [5.41, 5.74) is 1.44. The first-order valence-corrected chi connectivity index (χ1v) is 8.10. The summed E-state index contributed by atoms with van der Waals surface area (Å²) in [6.07, 6.45) is 0.496. The van der Waals surface area contributed by atoms with E-state index < -0.39 is 18.1 Å². The zero-order chi connectivity index (χ0) is 19.1. The molecule has 1 aromatic carbocycles. The Morgan fingerprint density at radius 3 is 2.81 bits per heavy atom. The summed E-state index contributed by atoms with van der Waals surface area (Å²) in [6.45, 7) is 0. The minimum atomic E-state index is -1.24. The Bertz CT molecular complexity index is 1060. The number of carboxylic acid groups (broad SMARTS) is 1. The normalized spacial score (nSPS) is 18.3. The van der Waals surface area contributed by atoms with Crippen LogP contribution in [0.4, 0.5) is 10.1 Å². The molecule has 4 rings (SSSR count). The van der Waals surface area contributed by atoms with Crippen LogP contribution in [0.15, 0.2) is 34.9 Å². The van der Waals surface area contributed by atoms with Crippen molar-refractivity contribution in [3.63, 3.8) is 0 Å². The highest BCUT2D eigenvalue weighted by Gasteiger charge is 2.43. The SMILES string of the molecule is COc1c(-c2nc3cc(NC(=O)[C@@H]4C[C@@H]4F)ccc3o2)ccnc1C(=O)O. The molecule has 0 spiro atoms. The number of hydrogen-bond acceptors (Lipinski definition) is 6. The lowest BCUT2D eigenvalue weighted by molar-refractivity contribution is -0.117. The summed E-state index contributed by atoms with van der Waals surface area (Å²) >= 11 is 0. The number of rotatable bonds is 5. The number of benzene rings is 1. The number of anilines is 1. The molecule has 0 saturated heterocycles. The highest BCUT2D eigenvalue weighted by Crippen LogP contribution is 2.36. The first kappa shape index (κ1) is 17.0. The lowest BCUT2D eigenvalue weighted by atomic mass is 10.2. The smallest absolute Gasteiger partial charge is 0.358 e. The molecular formula is C18H14FN3O5. The van der Waals surface area contributed by atoms with E-state index >= 15 is 0 Å². The number of halogens is 1. The maximum atomic E-state index is 13.0. The molecule has 0 bridgehead atoms. The molecule has 1 fully saturated rings. The van der Waals surface area contributed by atoms with Crippen LogP contribution in [0.2, 0.25) is 0 Å². The van der Waals surface area contributed by atoms with Crippen molar-refractivity contribution in [3.05, 3.63) is 36.2 Å². The summed E-state index contributed by atoms with van der Waals surface area (Å²) in [7, 11) is 1.33. The number of nitrogens with one attached hydrogen (secondary N) is 1. The molecule has 3 aromatic rings. The zero-order valence-corrected chi connectivity index (χ0v) is 14.1. The minimum Gasteiger partial charge on any atom is -0.493 e. The van der Waals surface area contributed by atoms with Gasteiger partial charge in [-0.1, -0.05) is 0 Å². The maximum absolute atomic E-state index is 13.0. The molecule has 0 aliphatic heterocycles. The van der Waals surface area contributed by atoms with Gasteiger partial charge in [0.05, 0.1) is 18.6 Å². The van der Waals surface area contributed by atoms with Gasteiger partial charge in [0.15, 0.2) is 17.0 Å². The van der Waals surface area contributed by atoms with Gasteiger partial charge >= 0.3 is 5.97 Å². The Balaban J connectivity index is 1.69. The van der Waals surface area contributed by atoms with Gasteiger partial charge in [0.1, 0.15) is 11.7 Å². The predicted octanol–water partition coefficient (Wildman–Crippen LogP) is 2.89. The number of ether oxygens (including phenoxy) is 1. The van der Waals surface area contributed by atoms with E-state index in [-0.39, 0.29) is 29.7 Å². The van der Waals surface area contributed by atoms with Gasteiger partial charge in [-0.2, -0.15) is 0 Å². The molecule has 0 unspecified atom stereocenters. The van der Waals surface area contributed by atoms with Gasteiger partial charge in [0.25, 0.3) is 0 Å². The van der Waals surface area contributed by atoms with Gasteiger partial charge in [-0.15, -0.1) is 0 Å². The molecule has 9 heteroatoms. The summed E-state index contributed by atoms with van der Waals surface area (Å²) in [5, 5.41) is 11.9. The molecule has 1 aliphatic rings. The Labute approximate surface area is 152 Å². The highest BCUT2D eigenvalue weighted by molar-refractivity contribution is 5.96. The Morgan fingerprint density at radius 1 is 1.37 bits per heavy atom. The van der Waals surface area contributed by atoms with Crippen molar-refractivity contribution in [1.29, 1.82) is 0 Å². The van der Waals surface area contributed by atoms with E-state index in [0.29, 0.717) is 22.4 Å². The predicted molar refractivity (Wildman–Crippen MR) is 92.4 cm³/mol. The molecule has 1 aliphatic carbocycles. The molecule has 138 valence electrons. The number of oxazole rings is 1. The number of alkyl halides is 1. The second-order valence-electron chi connectivity index (χ2n) is 6.09. The summed E-state index contributed by atoms with van der Waals surface area (Å²) in [5.74, 6) is -2.01. The van der Waals surface area contributed by atoms with Gasteiger partial charge in [-0.05, 0) is 30.7 Å². The molecule has 2 heterocycles. The van der Waals surface area contributed by atoms with Crippen LogP contribution < -0.4 is 10.1 Å². The van der Waals surface area contributed by atoms with Crippen LogP contribution in [-0.2, 0) is 4.79 Å². The van der Waals surface area contributed by atoms with Crippen LogP contribution >= 0.6 is 0 Å². The molecule has 2 atom stereocenters. The van der Waals surface area contributed by atoms with E-state index in [9.17, 15) is 19.1 Å². The molecule has 1 amide bonds. The number of carbonyl (C=O) groups is 2. The summed E-state index contributed by atoms with van der Waals surface area (Å²) < 4.78 is 23.8. The maximum Gasteiger partial charge on any atom is 0.358 e. The van der Waals surface area contributed by atoms with Gasteiger partial charge in [-0.25, -0.2) is 19.2 Å². The summed E-state index contributed by atoms with van der Waals surface area (Å²) in [4.78, 5) is 31.3. The van der Waals surface area contributed by atoms with E-state index in [4.69, 9.17) is 9.15 Å². The van der Waals surface area contributed by atoms with Gasteiger partial charge in [0.2, 0.25) is 11.8 Å². The van der Waals surface area contributed by atoms with Crippen molar-refractivity contribution in [2.75, 3.05) is 12.4 Å². The van der Waals surface area contributed by atoms with Crippen LogP contribution in [0.1, 0.15) is 16.9 Å². The first-order chi connectivity index (χ1) is 13.0. The largest absolute Gasteiger partial charge is 0.493 e. The quantitative estimate of drug-likeness (QED) is 0.709. The lowest BCUT2D eigenvalue weighted by Gasteiger charge is -2.07. The highest BCUT2D eigenvalue weighted by atomic mass is 19.1. The first-order valence-electron chi connectivity index (χ1n) is 8.10. The van der Waals surface area contributed by atoms with Crippen LogP contribution in [0.5, 0.6) is 5.75 Å². The van der Waals surface area contributed by atoms with Crippen molar-refractivity contribution in [3.8, 4) is 17.2 Å². The van der Waals surface area contributed by atoms with Gasteiger partial charge in [0, 0.05) is 11.9 Å². The fourth-order valence-electron chi connectivity index (χ4n) is 2.77. The van der Waals surface area contributed by atoms with Crippen molar-refractivity contribution in [2.24, 2.45) is 5.92 Å². The number of aromatic nitrogens is 2. The number of aromatic carboxylic acids is 1.